The Hall–Kier alpha value is 0.310. The van der Waals surface area contributed by atoms with Crippen LogP contribution in [-0.2, 0) is 4.79 Å². The summed E-state index contributed by atoms with van der Waals surface area (Å²) in [7, 11) is 0. The third kappa shape index (κ3) is 2.58. The van der Waals surface area contributed by atoms with Gasteiger partial charge in [0.1, 0.15) is 0 Å². The maximum atomic E-state index is 10.4. The SMILES string of the molecule is Cl.O=C1CCCCS1. The van der Waals surface area contributed by atoms with Crippen LogP contribution in [0.15, 0.2) is 0 Å². The van der Waals surface area contributed by atoms with E-state index in [1.54, 1.807) is 0 Å². The summed E-state index contributed by atoms with van der Waals surface area (Å²) in [5, 5.41) is 0.381. The van der Waals surface area contributed by atoms with Crippen molar-refractivity contribution in [1.29, 1.82) is 0 Å². The molecule has 0 unspecified atom stereocenters. The van der Waals surface area contributed by atoms with Crippen LogP contribution >= 0.6 is 24.2 Å². The maximum absolute atomic E-state index is 10.4. The van der Waals surface area contributed by atoms with Gasteiger partial charge in [0.15, 0.2) is 5.12 Å². The van der Waals surface area contributed by atoms with Crippen molar-refractivity contribution >= 4 is 29.3 Å². The van der Waals surface area contributed by atoms with E-state index in [0.29, 0.717) is 5.12 Å². The summed E-state index contributed by atoms with van der Waals surface area (Å²) in [5.74, 6) is 1.05. The Labute approximate surface area is 59.6 Å². The molecule has 0 amide bonds. The molecule has 0 bridgehead atoms. The van der Waals surface area contributed by atoms with E-state index in [2.05, 4.69) is 0 Å². The zero-order valence-corrected chi connectivity index (χ0v) is 6.19. The van der Waals surface area contributed by atoms with Crippen LogP contribution in [-0.4, -0.2) is 10.9 Å². The van der Waals surface area contributed by atoms with Crippen molar-refractivity contribution in [2.75, 3.05) is 5.75 Å². The van der Waals surface area contributed by atoms with Crippen LogP contribution in [0.5, 0.6) is 0 Å². The summed E-state index contributed by atoms with van der Waals surface area (Å²) in [4.78, 5) is 10.4. The summed E-state index contributed by atoms with van der Waals surface area (Å²) < 4.78 is 0. The molecule has 0 spiro atoms. The topological polar surface area (TPSA) is 17.1 Å². The highest BCUT2D eigenvalue weighted by Gasteiger charge is 2.06. The molecule has 1 aliphatic rings. The molecule has 48 valence electrons. The molecule has 0 atom stereocenters. The maximum Gasteiger partial charge on any atom is 0.188 e. The molecule has 1 rings (SSSR count). The highest BCUT2D eigenvalue weighted by Crippen LogP contribution is 2.17. The molecule has 0 radical (unpaired) electrons. The normalized spacial score (nSPS) is 19.8. The van der Waals surface area contributed by atoms with Gasteiger partial charge in [0.25, 0.3) is 0 Å². The largest absolute Gasteiger partial charge is 0.287 e. The summed E-state index contributed by atoms with van der Waals surface area (Å²) in [6, 6.07) is 0. The summed E-state index contributed by atoms with van der Waals surface area (Å²) in [5.41, 5.74) is 0. The van der Waals surface area contributed by atoms with Crippen LogP contribution < -0.4 is 0 Å². The van der Waals surface area contributed by atoms with Gasteiger partial charge in [-0.25, -0.2) is 0 Å². The van der Waals surface area contributed by atoms with E-state index < -0.39 is 0 Å². The molecular weight excluding hydrogens is 144 g/mol. The molecule has 0 aromatic rings. The van der Waals surface area contributed by atoms with E-state index in [-0.39, 0.29) is 12.4 Å². The zero-order chi connectivity index (χ0) is 5.11. The number of carbonyl (C=O) groups is 1. The van der Waals surface area contributed by atoms with Crippen LogP contribution in [0.4, 0.5) is 0 Å². The minimum Gasteiger partial charge on any atom is -0.287 e. The standard InChI is InChI=1S/C5H8OS.ClH/c6-5-3-1-2-4-7-5;/h1-4H2;1H. The molecule has 1 aliphatic heterocycles. The highest BCUT2D eigenvalue weighted by atomic mass is 35.5. The Balaban J connectivity index is 0.000000490. The Morgan fingerprint density at radius 2 is 2.12 bits per heavy atom. The molecular formula is C5H9ClOS. The predicted molar refractivity (Wildman–Crippen MR) is 38.6 cm³/mol. The summed E-state index contributed by atoms with van der Waals surface area (Å²) >= 11 is 1.48. The third-order valence-electron chi connectivity index (χ3n) is 1.04. The van der Waals surface area contributed by atoms with Crippen LogP contribution in [0.2, 0.25) is 0 Å². The molecule has 1 nitrogen and oxygen atoms in total. The van der Waals surface area contributed by atoms with Crippen molar-refractivity contribution in [1.82, 2.24) is 0 Å². The van der Waals surface area contributed by atoms with E-state index in [0.717, 1.165) is 18.6 Å². The minimum atomic E-state index is 0. The monoisotopic (exact) mass is 152 g/mol. The summed E-state index contributed by atoms with van der Waals surface area (Å²) in [6.45, 7) is 0. The molecule has 0 N–H and O–H groups in total. The first-order valence-corrected chi connectivity index (χ1v) is 3.54. The smallest absolute Gasteiger partial charge is 0.188 e. The average Bonchev–Trinajstić information content (AvgIpc) is 1.69. The number of rotatable bonds is 0. The number of carbonyl (C=O) groups excluding carboxylic acids is 1. The van der Waals surface area contributed by atoms with Gasteiger partial charge in [-0.2, -0.15) is 0 Å². The molecule has 1 saturated heterocycles. The summed E-state index contributed by atoms with van der Waals surface area (Å²) in [6.07, 6.45) is 3.16. The van der Waals surface area contributed by atoms with Gasteiger partial charge in [0.2, 0.25) is 0 Å². The lowest BCUT2D eigenvalue weighted by molar-refractivity contribution is -0.111. The second kappa shape index (κ2) is 4.21. The van der Waals surface area contributed by atoms with E-state index in [1.165, 1.54) is 18.2 Å². The van der Waals surface area contributed by atoms with Crippen LogP contribution in [0.25, 0.3) is 0 Å². The van der Waals surface area contributed by atoms with E-state index in [4.69, 9.17) is 0 Å². The second-order valence-electron chi connectivity index (χ2n) is 1.68. The lowest BCUT2D eigenvalue weighted by atomic mass is 10.3. The van der Waals surface area contributed by atoms with Crippen LogP contribution in [0, 0.1) is 0 Å². The fourth-order valence-electron chi connectivity index (χ4n) is 0.630. The van der Waals surface area contributed by atoms with Crippen molar-refractivity contribution in [2.24, 2.45) is 0 Å². The second-order valence-corrected chi connectivity index (χ2v) is 2.83. The van der Waals surface area contributed by atoms with Gasteiger partial charge in [-0.1, -0.05) is 11.8 Å². The van der Waals surface area contributed by atoms with Gasteiger partial charge in [0.05, 0.1) is 0 Å². The van der Waals surface area contributed by atoms with Gasteiger partial charge in [-0.3, -0.25) is 4.79 Å². The highest BCUT2D eigenvalue weighted by molar-refractivity contribution is 8.13. The van der Waals surface area contributed by atoms with Crippen LogP contribution in [0.1, 0.15) is 19.3 Å². The molecule has 3 heteroatoms. The fraction of sp³-hybridized carbons (Fsp3) is 0.800. The quantitative estimate of drug-likeness (QED) is 0.527. The molecule has 0 aromatic heterocycles. The zero-order valence-electron chi connectivity index (χ0n) is 4.55. The van der Waals surface area contributed by atoms with Gasteiger partial charge in [-0.05, 0) is 12.8 Å². The van der Waals surface area contributed by atoms with Crippen molar-refractivity contribution in [3.8, 4) is 0 Å². The molecule has 8 heavy (non-hydrogen) atoms. The first kappa shape index (κ1) is 8.31. The number of halogens is 1. The predicted octanol–water partition coefficient (Wildman–Crippen LogP) is 1.85. The minimum absolute atomic E-state index is 0. The number of hydrogen-bond acceptors (Lipinski definition) is 2. The fourth-order valence-corrected chi connectivity index (χ4v) is 1.49. The van der Waals surface area contributed by atoms with Crippen molar-refractivity contribution in [2.45, 2.75) is 19.3 Å². The van der Waals surface area contributed by atoms with Crippen molar-refractivity contribution in [3.05, 3.63) is 0 Å². The van der Waals surface area contributed by atoms with Gasteiger partial charge < -0.3 is 0 Å². The third-order valence-corrected chi connectivity index (χ3v) is 2.06. The first-order valence-electron chi connectivity index (χ1n) is 2.55. The lowest BCUT2D eigenvalue weighted by Crippen LogP contribution is -1.99. The van der Waals surface area contributed by atoms with Gasteiger partial charge >= 0.3 is 0 Å². The lowest BCUT2D eigenvalue weighted by Gasteiger charge is -2.04. The van der Waals surface area contributed by atoms with E-state index >= 15 is 0 Å². The Kier molecular flexibility index (Phi) is 4.38. The van der Waals surface area contributed by atoms with Gasteiger partial charge in [-0.15, -0.1) is 12.4 Å². The average molecular weight is 153 g/mol. The molecule has 0 aliphatic carbocycles. The Morgan fingerprint density at radius 3 is 2.38 bits per heavy atom. The first-order chi connectivity index (χ1) is 3.39. The molecule has 0 aromatic carbocycles. The van der Waals surface area contributed by atoms with Crippen molar-refractivity contribution in [3.63, 3.8) is 0 Å². The number of hydrogen-bond donors (Lipinski definition) is 0. The van der Waals surface area contributed by atoms with Gasteiger partial charge in [0, 0.05) is 12.2 Å². The number of thioether (sulfide) groups is 1. The molecule has 1 fully saturated rings. The van der Waals surface area contributed by atoms with Crippen LogP contribution in [0.3, 0.4) is 0 Å². The van der Waals surface area contributed by atoms with Crippen molar-refractivity contribution < 1.29 is 4.79 Å². The van der Waals surface area contributed by atoms with E-state index in [9.17, 15) is 4.79 Å². The molecule has 0 saturated carbocycles. The molecule has 1 heterocycles. The Bertz CT molecular complexity index is 76.5. The van der Waals surface area contributed by atoms with E-state index in [1.807, 2.05) is 0 Å². The Morgan fingerprint density at radius 1 is 1.38 bits per heavy atom.